The molecule has 0 aliphatic heterocycles. The molecule has 0 fully saturated rings. The number of ether oxygens (including phenoxy) is 2. The maximum Gasteiger partial charge on any atom is 0.573 e. The third kappa shape index (κ3) is 5.82. The lowest BCUT2D eigenvalue weighted by Crippen LogP contribution is -2.17. The van der Waals surface area contributed by atoms with Gasteiger partial charge in [-0.3, -0.25) is 4.57 Å². The van der Waals surface area contributed by atoms with Crippen LogP contribution in [-0.4, -0.2) is 22.4 Å². The third-order valence-electron chi connectivity index (χ3n) is 4.82. The van der Waals surface area contributed by atoms with E-state index in [0.717, 1.165) is 24.3 Å². The van der Waals surface area contributed by atoms with Crippen LogP contribution in [0.2, 0.25) is 0 Å². The second-order valence-electron chi connectivity index (χ2n) is 7.32. The minimum Gasteiger partial charge on any atom is -0.493 e. The fourth-order valence-electron chi connectivity index (χ4n) is 3.41. The van der Waals surface area contributed by atoms with Crippen LogP contribution in [0.1, 0.15) is 0 Å². The van der Waals surface area contributed by atoms with Crippen LogP contribution in [0.3, 0.4) is 0 Å². The summed E-state index contributed by atoms with van der Waals surface area (Å²) in [6.45, 7) is 0. The summed E-state index contributed by atoms with van der Waals surface area (Å²) in [5.74, 6) is -2.02. The number of nitrogens with one attached hydrogen (secondary N) is 1. The monoisotopic (exact) mass is 512 g/mol. The predicted octanol–water partition coefficient (Wildman–Crippen LogP) is 7.53. The largest absolute Gasteiger partial charge is 0.573 e. The van der Waals surface area contributed by atoms with E-state index >= 15 is 0 Å². The van der Waals surface area contributed by atoms with Gasteiger partial charge >= 0.3 is 12.7 Å². The number of hydrogen-bond donors (Lipinski definition) is 2. The van der Waals surface area contributed by atoms with E-state index < -0.39 is 35.9 Å². The molecule has 3 aromatic carbocycles. The van der Waals surface area contributed by atoms with E-state index in [9.17, 15) is 35.8 Å². The van der Waals surface area contributed by atoms with Gasteiger partial charge < -0.3 is 19.9 Å². The lowest BCUT2D eigenvalue weighted by Gasteiger charge is -2.13. The van der Waals surface area contributed by atoms with Gasteiger partial charge in [-0.25, -0.2) is 4.39 Å². The molecule has 0 radical (unpaired) electrons. The summed E-state index contributed by atoms with van der Waals surface area (Å²) in [5, 5.41) is 13.8. The molecule has 188 valence electrons. The highest BCUT2D eigenvalue weighted by Gasteiger charge is 2.32. The summed E-state index contributed by atoms with van der Waals surface area (Å²) in [6, 6.07) is 16.2. The van der Waals surface area contributed by atoms with Crippen LogP contribution >= 0.6 is 0 Å². The predicted molar refractivity (Wildman–Crippen MR) is 116 cm³/mol. The molecule has 1 heterocycles. The molecular formula is C24H15F7N2O3. The molecular weight excluding hydrogens is 497 g/mol. The quantitative estimate of drug-likeness (QED) is 0.262. The molecule has 4 rings (SSSR count). The van der Waals surface area contributed by atoms with Crippen molar-refractivity contribution >= 4 is 11.4 Å². The lowest BCUT2D eigenvalue weighted by molar-refractivity contribution is -0.275. The zero-order valence-electron chi connectivity index (χ0n) is 17.9. The Labute approximate surface area is 198 Å². The zero-order valence-corrected chi connectivity index (χ0v) is 17.9. The van der Waals surface area contributed by atoms with E-state index in [4.69, 9.17) is 0 Å². The molecule has 4 aromatic rings. The molecule has 0 saturated carbocycles. The molecule has 0 unspecified atom stereocenters. The molecule has 12 heteroatoms. The van der Waals surface area contributed by atoms with E-state index in [2.05, 4.69) is 14.8 Å². The molecule has 0 amide bonds. The number of halogens is 7. The Bertz CT molecular complexity index is 1350. The molecule has 0 spiro atoms. The number of rotatable bonds is 6. The summed E-state index contributed by atoms with van der Waals surface area (Å²) in [7, 11) is 0. The van der Waals surface area contributed by atoms with Crippen molar-refractivity contribution in [1.29, 1.82) is 0 Å². The first-order valence-electron chi connectivity index (χ1n) is 10.1. The fraction of sp³-hybridized carbons (Fsp3) is 0.0833. The van der Waals surface area contributed by atoms with Gasteiger partial charge in [-0.1, -0.05) is 12.1 Å². The summed E-state index contributed by atoms with van der Waals surface area (Å²) >= 11 is 0. The first-order chi connectivity index (χ1) is 16.9. The first-order valence-corrected chi connectivity index (χ1v) is 10.1. The first kappa shape index (κ1) is 24.8. The second kappa shape index (κ2) is 9.36. The number of nitrogens with zero attached hydrogens (tertiary/aromatic N) is 1. The highest BCUT2D eigenvalue weighted by Crippen LogP contribution is 2.40. The minimum atomic E-state index is -4.90. The van der Waals surface area contributed by atoms with E-state index in [1.807, 2.05) is 0 Å². The Hall–Kier alpha value is -4.35. The van der Waals surface area contributed by atoms with Gasteiger partial charge in [0.25, 0.3) is 0 Å². The Morgan fingerprint density at radius 1 is 0.722 bits per heavy atom. The number of aromatic hydroxyl groups is 1. The van der Waals surface area contributed by atoms with E-state index in [0.29, 0.717) is 0 Å². The average Bonchev–Trinajstić information content (AvgIpc) is 3.09. The van der Waals surface area contributed by atoms with Gasteiger partial charge in [-0.05, 0) is 66.7 Å². The zero-order chi connectivity index (χ0) is 26.1. The van der Waals surface area contributed by atoms with Crippen molar-refractivity contribution in [1.82, 2.24) is 4.57 Å². The van der Waals surface area contributed by atoms with E-state index in [-0.39, 0.29) is 28.3 Å². The lowest BCUT2D eigenvalue weighted by atomic mass is 10.1. The Kier molecular flexibility index (Phi) is 6.44. The van der Waals surface area contributed by atoms with E-state index in [1.54, 1.807) is 6.07 Å². The van der Waals surface area contributed by atoms with Crippen molar-refractivity contribution in [3.8, 4) is 34.3 Å². The summed E-state index contributed by atoms with van der Waals surface area (Å²) in [4.78, 5) is 0. The van der Waals surface area contributed by atoms with Gasteiger partial charge in [0.2, 0.25) is 5.88 Å². The van der Waals surface area contributed by atoms with Gasteiger partial charge in [0.15, 0.2) is 0 Å². The van der Waals surface area contributed by atoms with Gasteiger partial charge in [-0.15, -0.1) is 26.3 Å². The number of alkyl halides is 6. The van der Waals surface area contributed by atoms with Crippen LogP contribution in [-0.2, 0) is 0 Å². The van der Waals surface area contributed by atoms with Gasteiger partial charge in [0.1, 0.15) is 23.0 Å². The standard InChI is InChI=1S/C24H15F7N2O3/c25-19-4-2-1-3-18(19)21-13-20(32-14-5-9-16(10-6-14)35-23(26,27)28)22(34)33(21)15-7-11-17(12-8-15)36-24(29,30)31/h1-13,32,34H. The van der Waals surface area contributed by atoms with Crippen molar-refractivity contribution in [3.63, 3.8) is 0 Å². The molecule has 2 N–H and O–H groups in total. The van der Waals surface area contributed by atoms with Crippen molar-refractivity contribution < 1.29 is 45.3 Å². The minimum absolute atomic E-state index is 0.0494. The van der Waals surface area contributed by atoms with Gasteiger partial charge in [-0.2, -0.15) is 0 Å². The Morgan fingerprint density at radius 2 is 1.25 bits per heavy atom. The normalized spacial score (nSPS) is 11.9. The van der Waals surface area contributed by atoms with Crippen LogP contribution in [0.15, 0.2) is 78.9 Å². The van der Waals surface area contributed by atoms with Crippen molar-refractivity contribution in [2.75, 3.05) is 5.32 Å². The average molecular weight is 512 g/mol. The smallest absolute Gasteiger partial charge is 0.493 e. The van der Waals surface area contributed by atoms with Gasteiger partial charge in [0, 0.05) is 16.9 Å². The molecule has 0 aliphatic carbocycles. The van der Waals surface area contributed by atoms with Crippen LogP contribution in [0.25, 0.3) is 16.9 Å². The molecule has 5 nitrogen and oxygen atoms in total. The maximum atomic E-state index is 14.6. The molecule has 0 aliphatic rings. The van der Waals surface area contributed by atoms with Crippen molar-refractivity contribution in [2.24, 2.45) is 0 Å². The fourth-order valence-corrected chi connectivity index (χ4v) is 3.41. The Balaban J connectivity index is 1.72. The molecule has 1 aromatic heterocycles. The summed E-state index contributed by atoms with van der Waals surface area (Å²) in [5.41, 5.74) is 0.724. The second-order valence-corrected chi connectivity index (χ2v) is 7.32. The number of hydrogen-bond acceptors (Lipinski definition) is 4. The SMILES string of the molecule is Oc1c(Nc2ccc(OC(F)(F)F)cc2)cc(-c2ccccc2F)n1-c1ccc(OC(F)(F)F)cc1. The van der Waals surface area contributed by atoms with Crippen LogP contribution in [0.5, 0.6) is 17.4 Å². The van der Waals surface area contributed by atoms with Crippen LogP contribution in [0.4, 0.5) is 42.1 Å². The molecule has 0 atom stereocenters. The van der Waals surface area contributed by atoms with Crippen LogP contribution in [0, 0.1) is 5.82 Å². The number of aromatic nitrogens is 1. The van der Waals surface area contributed by atoms with E-state index in [1.165, 1.54) is 53.1 Å². The highest BCUT2D eigenvalue weighted by atomic mass is 19.4. The van der Waals surface area contributed by atoms with Gasteiger partial charge in [0.05, 0.1) is 5.69 Å². The van der Waals surface area contributed by atoms with Crippen molar-refractivity contribution in [2.45, 2.75) is 12.7 Å². The summed E-state index contributed by atoms with van der Waals surface area (Å²) < 4.78 is 98.1. The molecule has 0 saturated heterocycles. The summed E-state index contributed by atoms with van der Waals surface area (Å²) in [6.07, 6.45) is -9.76. The Morgan fingerprint density at radius 3 is 1.78 bits per heavy atom. The molecule has 36 heavy (non-hydrogen) atoms. The van der Waals surface area contributed by atoms with Crippen LogP contribution < -0.4 is 14.8 Å². The highest BCUT2D eigenvalue weighted by molar-refractivity contribution is 5.77. The maximum absolute atomic E-state index is 14.6. The number of anilines is 2. The third-order valence-corrected chi connectivity index (χ3v) is 4.82. The topological polar surface area (TPSA) is 55.6 Å². The number of benzene rings is 3. The molecule has 0 bridgehead atoms. The van der Waals surface area contributed by atoms with Crippen molar-refractivity contribution in [3.05, 3.63) is 84.7 Å².